The summed E-state index contributed by atoms with van der Waals surface area (Å²) < 4.78 is 26.0. The van der Waals surface area contributed by atoms with Crippen molar-refractivity contribution in [3.05, 3.63) is 65.0 Å². The van der Waals surface area contributed by atoms with E-state index >= 15 is 0 Å². The molecule has 0 unspecified atom stereocenters. The van der Waals surface area contributed by atoms with Crippen molar-refractivity contribution < 1.29 is 18.7 Å². The Hall–Kier alpha value is -2.05. The zero-order valence-corrected chi connectivity index (χ0v) is 17.4. The van der Waals surface area contributed by atoms with Gasteiger partial charge in [0.25, 0.3) is 0 Å². The molecule has 2 aromatic carbocycles. The van der Waals surface area contributed by atoms with Crippen LogP contribution in [0, 0.1) is 5.82 Å². The Kier molecular flexibility index (Phi) is 6.40. The third-order valence-corrected chi connectivity index (χ3v) is 6.47. The van der Waals surface area contributed by atoms with Crippen molar-refractivity contribution in [1.29, 1.82) is 0 Å². The number of rotatable bonds is 5. The molecule has 29 heavy (non-hydrogen) atoms. The number of fused-ring (bicyclic) bond motifs is 1. The fourth-order valence-electron chi connectivity index (χ4n) is 3.96. The molecule has 1 amide bonds. The highest BCUT2D eigenvalue weighted by Crippen LogP contribution is 2.38. The van der Waals surface area contributed by atoms with Gasteiger partial charge in [-0.2, -0.15) is 0 Å². The van der Waals surface area contributed by atoms with E-state index in [9.17, 15) is 9.18 Å². The van der Waals surface area contributed by atoms with Gasteiger partial charge in [-0.1, -0.05) is 30.3 Å². The summed E-state index contributed by atoms with van der Waals surface area (Å²) in [7, 11) is 0. The molecule has 0 saturated carbocycles. The van der Waals surface area contributed by atoms with Gasteiger partial charge in [0.1, 0.15) is 11.6 Å². The maximum absolute atomic E-state index is 14.1. The highest BCUT2D eigenvalue weighted by atomic mass is 32.2. The molecule has 1 saturated heterocycles. The first-order chi connectivity index (χ1) is 14.1. The first kappa shape index (κ1) is 20.2. The predicted molar refractivity (Wildman–Crippen MR) is 112 cm³/mol. The molecule has 2 aliphatic heterocycles. The topological polar surface area (TPSA) is 38.8 Å². The van der Waals surface area contributed by atoms with E-state index in [-0.39, 0.29) is 11.7 Å². The van der Waals surface area contributed by atoms with Crippen molar-refractivity contribution in [2.24, 2.45) is 0 Å². The number of nitrogens with zero attached hydrogens (tertiary/aromatic N) is 1. The first-order valence-corrected chi connectivity index (χ1v) is 11.3. The minimum absolute atomic E-state index is 0.166. The van der Waals surface area contributed by atoms with Crippen LogP contribution in [0.1, 0.15) is 49.2 Å². The molecule has 0 N–H and O–H groups in total. The minimum atomic E-state index is -0.506. The van der Waals surface area contributed by atoms with Gasteiger partial charge in [-0.15, -0.1) is 11.8 Å². The number of thioether (sulfide) groups is 1. The number of likely N-dealkylation sites (tertiary alicyclic amines) is 1. The van der Waals surface area contributed by atoms with Crippen molar-refractivity contribution in [2.75, 3.05) is 12.3 Å². The molecule has 154 valence electrons. The van der Waals surface area contributed by atoms with Crippen molar-refractivity contribution in [3.8, 4) is 5.75 Å². The molecule has 0 spiro atoms. The van der Waals surface area contributed by atoms with E-state index in [1.807, 2.05) is 35.2 Å². The molecule has 4 rings (SSSR count). The zero-order valence-electron chi connectivity index (χ0n) is 16.6. The van der Waals surface area contributed by atoms with Gasteiger partial charge in [-0.25, -0.2) is 4.39 Å². The van der Waals surface area contributed by atoms with Gasteiger partial charge in [0.05, 0.1) is 12.4 Å². The van der Waals surface area contributed by atoms with E-state index in [0.717, 1.165) is 30.5 Å². The molecule has 2 aliphatic rings. The van der Waals surface area contributed by atoms with Gasteiger partial charge >= 0.3 is 0 Å². The molecule has 1 fully saturated rings. The van der Waals surface area contributed by atoms with Gasteiger partial charge in [0.15, 0.2) is 0 Å². The van der Waals surface area contributed by atoms with Crippen LogP contribution in [0.5, 0.6) is 5.75 Å². The predicted octanol–water partition coefficient (Wildman–Crippen LogP) is 5.07. The molecule has 4 nitrogen and oxygen atoms in total. The van der Waals surface area contributed by atoms with Crippen molar-refractivity contribution >= 4 is 17.7 Å². The maximum Gasteiger partial charge on any atom is 0.232 e. The number of piperidine rings is 1. The second kappa shape index (κ2) is 9.18. The highest BCUT2D eigenvalue weighted by Gasteiger charge is 2.26. The number of carbonyl (C=O) groups excluding carboxylic acids is 1. The third kappa shape index (κ3) is 4.75. The van der Waals surface area contributed by atoms with Crippen LogP contribution in [0.4, 0.5) is 4.39 Å². The Morgan fingerprint density at radius 2 is 2.07 bits per heavy atom. The van der Waals surface area contributed by atoms with Crippen LogP contribution >= 0.6 is 11.8 Å². The number of halogens is 1. The van der Waals surface area contributed by atoms with Crippen LogP contribution in [0.25, 0.3) is 0 Å². The monoisotopic (exact) mass is 415 g/mol. The highest BCUT2D eigenvalue weighted by molar-refractivity contribution is 7.99. The fraction of sp³-hybridized carbons (Fsp3) is 0.435. The third-order valence-electron chi connectivity index (χ3n) is 5.50. The largest absolute Gasteiger partial charge is 0.460 e. The van der Waals surface area contributed by atoms with Gasteiger partial charge in [-0.3, -0.25) is 4.79 Å². The number of benzene rings is 2. The normalized spacial score (nSPS) is 21.4. The van der Waals surface area contributed by atoms with E-state index < -0.39 is 6.29 Å². The molecule has 0 aromatic heterocycles. The van der Waals surface area contributed by atoms with Crippen molar-refractivity contribution in [1.82, 2.24) is 4.90 Å². The maximum atomic E-state index is 14.1. The Balaban J connectivity index is 1.43. The van der Waals surface area contributed by atoms with Crippen LogP contribution in [0.2, 0.25) is 0 Å². The summed E-state index contributed by atoms with van der Waals surface area (Å²) in [6, 6.07) is 13.0. The van der Waals surface area contributed by atoms with Crippen LogP contribution < -0.4 is 4.74 Å². The van der Waals surface area contributed by atoms with Gasteiger partial charge in [0, 0.05) is 35.0 Å². The number of hydrogen-bond donors (Lipinski definition) is 0. The lowest BCUT2D eigenvalue weighted by Crippen LogP contribution is -2.42. The van der Waals surface area contributed by atoms with Crippen LogP contribution in [0.3, 0.4) is 0 Å². The summed E-state index contributed by atoms with van der Waals surface area (Å²) in [4.78, 5) is 14.6. The summed E-state index contributed by atoms with van der Waals surface area (Å²) >= 11 is 1.51. The molecule has 6 heteroatoms. The second-order valence-corrected chi connectivity index (χ2v) is 8.63. The minimum Gasteiger partial charge on any atom is -0.460 e. The number of carbonyl (C=O) groups is 1. The molecule has 0 aliphatic carbocycles. The lowest BCUT2D eigenvalue weighted by molar-refractivity contribution is -0.131. The molecule has 0 bridgehead atoms. The molecular formula is C23H26FNO3S. The van der Waals surface area contributed by atoms with Crippen molar-refractivity contribution in [2.45, 2.75) is 50.9 Å². The number of amides is 1. The number of ether oxygens (including phenoxy) is 2. The summed E-state index contributed by atoms with van der Waals surface area (Å²) in [5.74, 6) is 1.46. The van der Waals surface area contributed by atoms with E-state index in [2.05, 4.69) is 6.92 Å². The van der Waals surface area contributed by atoms with E-state index in [1.54, 1.807) is 0 Å². The molecule has 0 radical (unpaired) electrons. The molecule has 2 aromatic rings. The summed E-state index contributed by atoms with van der Waals surface area (Å²) in [6.45, 7) is 3.26. The van der Waals surface area contributed by atoms with E-state index in [4.69, 9.17) is 9.47 Å². The molecular weight excluding hydrogens is 389 g/mol. The van der Waals surface area contributed by atoms with Gasteiger partial charge in [0.2, 0.25) is 12.2 Å². The smallest absolute Gasteiger partial charge is 0.232 e. The Morgan fingerprint density at radius 3 is 2.86 bits per heavy atom. The van der Waals surface area contributed by atoms with Gasteiger partial charge in [-0.05, 0) is 38.3 Å². The average molecular weight is 416 g/mol. The fourth-order valence-corrected chi connectivity index (χ4v) is 4.84. The summed E-state index contributed by atoms with van der Waals surface area (Å²) in [6.07, 6.45) is 2.83. The quantitative estimate of drug-likeness (QED) is 0.684. The Bertz CT molecular complexity index is 861. The SMILES string of the molecule is C[C@@H]1CCCCN1C(=O)CSCc1cc(F)cc2c1O[C@@H](c1ccccc1)OC2. The number of hydrogen-bond acceptors (Lipinski definition) is 4. The lowest BCUT2D eigenvalue weighted by atomic mass is 10.0. The first-order valence-electron chi connectivity index (χ1n) is 10.1. The average Bonchev–Trinajstić information content (AvgIpc) is 2.74. The van der Waals surface area contributed by atoms with E-state index in [0.29, 0.717) is 35.5 Å². The summed E-state index contributed by atoms with van der Waals surface area (Å²) in [5.41, 5.74) is 2.41. The molecule has 2 atom stereocenters. The van der Waals surface area contributed by atoms with Crippen molar-refractivity contribution in [3.63, 3.8) is 0 Å². The second-order valence-electron chi connectivity index (χ2n) is 7.65. The van der Waals surface area contributed by atoms with Crippen LogP contribution in [-0.4, -0.2) is 29.1 Å². The van der Waals surface area contributed by atoms with Crippen LogP contribution in [0.15, 0.2) is 42.5 Å². The van der Waals surface area contributed by atoms with Gasteiger partial charge < -0.3 is 14.4 Å². The standard InChI is InChI=1S/C23H26FNO3S/c1-16-7-5-6-10-25(16)21(26)15-29-14-19-12-20(24)11-18-13-27-23(28-22(18)19)17-8-3-2-4-9-17/h2-4,8-9,11-12,16,23H,5-7,10,13-15H2,1H3/t16-,23+/m1/s1. The summed E-state index contributed by atoms with van der Waals surface area (Å²) in [5, 5.41) is 0. The lowest BCUT2D eigenvalue weighted by Gasteiger charge is -2.33. The Morgan fingerprint density at radius 1 is 1.24 bits per heavy atom. The zero-order chi connectivity index (χ0) is 20.2. The Labute approximate surface area is 175 Å². The van der Waals surface area contributed by atoms with Crippen LogP contribution in [-0.2, 0) is 21.9 Å². The van der Waals surface area contributed by atoms with E-state index in [1.165, 1.54) is 30.3 Å². The molecule has 2 heterocycles.